The van der Waals surface area contributed by atoms with Crippen molar-refractivity contribution >= 4 is 26.5 Å². The van der Waals surface area contributed by atoms with Gasteiger partial charge in [-0.15, -0.1) is 0 Å². The van der Waals surface area contributed by atoms with Crippen LogP contribution in [0.25, 0.3) is 0 Å². The van der Waals surface area contributed by atoms with Crippen LogP contribution in [0.1, 0.15) is 28.8 Å². The van der Waals surface area contributed by atoms with Crippen LogP contribution in [-0.2, 0) is 5.41 Å². The molecule has 4 heteroatoms. The van der Waals surface area contributed by atoms with Gasteiger partial charge in [0.05, 0.1) is 4.62 Å². The molecule has 1 saturated carbocycles. The molecule has 0 radical (unpaired) electrons. The zero-order chi connectivity index (χ0) is 10.6. The van der Waals surface area contributed by atoms with Crippen LogP contribution in [-0.4, -0.2) is 10.5 Å². The fourth-order valence-electron chi connectivity index (χ4n) is 2.13. The van der Waals surface area contributed by atoms with Gasteiger partial charge in [-0.1, -0.05) is 6.07 Å². The van der Waals surface area contributed by atoms with E-state index in [-0.39, 0.29) is 17.1 Å². The Labute approximate surface area is 94.3 Å². The molecule has 1 amide bonds. The van der Waals surface area contributed by atoms with Gasteiger partial charge in [-0.2, -0.15) is 0 Å². The average molecular weight is 268 g/mol. The first-order valence-corrected chi connectivity index (χ1v) is 5.52. The number of carbonyl (C=O) groups excluding carboxylic acids is 1. The number of hydrogen-bond acceptors (Lipinski definition) is 1. The smallest absolute Gasteiger partial charge is 0.267 e. The Balaban J connectivity index is 2.33. The maximum atomic E-state index is 13.7. The molecule has 76 valence electrons. The van der Waals surface area contributed by atoms with Gasteiger partial charge in [0.25, 0.3) is 5.91 Å². The fraction of sp³-hybridized carbons (Fsp3) is 0.273. The standard InChI is InChI=1S/C11H7BrFNO/c12-10-11(4-5-11)8-6(9(15)14-10)2-1-3-7(8)13/h1-3H,4-5H2. The molecule has 0 atom stereocenters. The van der Waals surface area contributed by atoms with Crippen LogP contribution in [0, 0.1) is 5.82 Å². The Bertz CT molecular complexity index is 505. The van der Waals surface area contributed by atoms with Crippen molar-refractivity contribution in [1.82, 2.24) is 0 Å². The highest BCUT2D eigenvalue weighted by Crippen LogP contribution is 2.54. The van der Waals surface area contributed by atoms with Gasteiger partial charge in [0, 0.05) is 16.5 Å². The molecule has 0 bridgehead atoms. The monoisotopic (exact) mass is 267 g/mol. The van der Waals surface area contributed by atoms with Gasteiger partial charge in [0.1, 0.15) is 5.82 Å². The zero-order valence-corrected chi connectivity index (χ0v) is 9.34. The van der Waals surface area contributed by atoms with Gasteiger partial charge in [-0.3, -0.25) is 4.79 Å². The second kappa shape index (κ2) is 2.76. The van der Waals surface area contributed by atoms with Gasteiger partial charge in [0.15, 0.2) is 0 Å². The van der Waals surface area contributed by atoms with E-state index in [1.54, 1.807) is 12.1 Å². The highest BCUT2D eigenvalue weighted by molar-refractivity contribution is 9.18. The van der Waals surface area contributed by atoms with Crippen LogP contribution in [0.4, 0.5) is 4.39 Å². The van der Waals surface area contributed by atoms with Gasteiger partial charge < -0.3 is 0 Å². The van der Waals surface area contributed by atoms with Crippen molar-refractivity contribution in [3.05, 3.63) is 35.1 Å². The van der Waals surface area contributed by atoms with E-state index in [1.165, 1.54) is 6.07 Å². The molecular weight excluding hydrogens is 261 g/mol. The maximum absolute atomic E-state index is 13.7. The number of aliphatic imine (C=N–C) groups is 1. The molecule has 1 aliphatic heterocycles. The van der Waals surface area contributed by atoms with Crippen LogP contribution < -0.4 is 0 Å². The third-order valence-corrected chi connectivity index (χ3v) is 4.00. The normalized spacial score (nSPS) is 21.2. The number of rotatable bonds is 0. The largest absolute Gasteiger partial charge is 0.278 e. The van der Waals surface area contributed by atoms with Crippen LogP contribution in [0.15, 0.2) is 23.2 Å². The van der Waals surface area contributed by atoms with Gasteiger partial charge in [-0.05, 0) is 40.9 Å². The van der Waals surface area contributed by atoms with Gasteiger partial charge >= 0.3 is 0 Å². The van der Waals surface area contributed by atoms with Crippen LogP contribution >= 0.6 is 15.9 Å². The Morgan fingerprint density at radius 3 is 2.80 bits per heavy atom. The van der Waals surface area contributed by atoms with Crippen molar-refractivity contribution in [2.75, 3.05) is 0 Å². The van der Waals surface area contributed by atoms with Gasteiger partial charge in [0.2, 0.25) is 0 Å². The lowest BCUT2D eigenvalue weighted by Crippen LogP contribution is -2.26. The van der Waals surface area contributed by atoms with E-state index in [0.717, 1.165) is 12.8 Å². The minimum Gasteiger partial charge on any atom is -0.267 e. The molecule has 1 aromatic carbocycles. The minimum atomic E-state index is -0.353. The molecule has 1 fully saturated rings. The summed E-state index contributed by atoms with van der Waals surface area (Å²) < 4.78 is 14.3. The number of amides is 1. The molecule has 0 aromatic heterocycles. The quantitative estimate of drug-likeness (QED) is 0.711. The van der Waals surface area contributed by atoms with Gasteiger partial charge in [-0.25, -0.2) is 9.38 Å². The topological polar surface area (TPSA) is 29.4 Å². The van der Waals surface area contributed by atoms with Crippen molar-refractivity contribution < 1.29 is 9.18 Å². The summed E-state index contributed by atoms with van der Waals surface area (Å²) in [7, 11) is 0. The molecular formula is C11H7BrFNO. The first kappa shape index (κ1) is 9.21. The Morgan fingerprint density at radius 2 is 2.13 bits per heavy atom. The molecule has 1 aromatic rings. The lowest BCUT2D eigenvalue weighted by molar-refractivity contribution is 0.0998. The first-order chi connectivity index (χ1) is 7.15. The van der Waals surface area contributed by atoms with Crippen LogP contribution in [0.5, 0.6) is 0 Å². The molecule has 1 heterocycles. The molecule has 2 nitrogen and oxygen atoms in total. The Kier molecular flexibility index (Phi) is 1.69. The molecule has 1 spiro atoms. The molecule has 2 aliphatic rings. The molecule has 3 rings (SSSR count). The molecule has 15 heavy (non-hydrogen) atoms. The minimum absolute atomic E-state index is 0.301. The molecule has 0 N–H and O–H groups in total. The summed E-state index contributed by atoms with van der Waals surface area (Å²) in [5, 5.41) is 0. The second-order valence-electron chi connectivity index (χ2n) is 3.95. The number of fused-ring (bicyclic) bond motifs is 2. The molecule has 0 saturated heterocycles. The number of nitrogens with zero attached hydrogens (tertiary/aromatic N) is 1. The number of carbonyl (C=O) groups is 1. The average Bonchev–Trinajstić information content (AvgIpc) is 2.96. The summed E-state index contributed by atoms with van der Waals surface area (Å²) in [6.45, 7) is 0. The Hall–Kier alpha value is -1.03. The van der Waals surface area contributed by atoms with Crippen LogP contribution in [0.3, 0.4) is 0 Å². The van der Waals surface area contributed by atoms with Crippen molar-refractivity contribution in [2.45, 2.75) is 18.3 Å². The van der Waals surface area contributed by atoms with E-state index in [0.29, 0.717) is 15.7 Å². The van der Waals surface area contributed by atoms with E-state index >= 15 is 0 Å². The van der Waals surface area contributed by atoms with Crippen molar-refractivity contribution in [2.24, 2.45) is 4.99 Å². The third kappa shape index (κ3) is 1.08. The zero-order valence-electron chi connectivity index (χ0n) is 7.76. The highest BCUT2D eigenvalue weighted by Gasteiger charge is 2.53. The van der Waals surface area contributed by atoms with E-state index in [9.17, 15) is 9.18 Å². The lowest BCUT2D eigenvalue weighted by atomic mass is 9.89. The highest BCUT2D eigenvalue weighted by atomic mass is 79.9. The summed E-state index contributed by atoms with van der Waals surface area (Å²) >= 11 is 3.28. The number of hydrogen-bond donors (Lipinski definition) is 0. The van der Waals surface area contributed by atoms with E-state index in [2.05, 4.69) is 20.9 Å². The summed E-state index contributed by atoms with van der Waals surface area (Å²) in [6.07, 6.45) is 1.72. The van der Waals surface area contributed by atoms with Crippen molar-refractivity contribution in [3.63, 3.8) is 0 Å². The lowest BCUT2D eigenvalue weighted by Gasteiger charge is -2.21. The predicted octanol–water partition coefficient (Wildman–Crippen LogP) is 2.80. The maximum Gasteiger partial charge on any atom is 0.278 e. The van der Waals surface area contributed by atoms with Crippen molar-refractivity contribution in [1.29, 1.82) is 0 Å². The van der Waals surface area contributed by atoms with E-state index in [4.69, 9.17) is 0 Å². The number of benzene rings is 1. The fourth-order valence-corrected chi connectivity index (χ4v) is 2.89. The van der Waals surface area contributed by atoms with E-state index in [1.807, 2.05) is 0 Å². The number of halogens is 2. The molecule has 0 unspecified atom stereocenters. The first-order valence-electron chi connectivity index (χ1n) is 4.73. The summed E-state index contributed by atoms with van der Waals surface area (Å²) in [6, 6.07) is 4.60. The third-order valence-electron chi connectivity index (χ3n) is 3.07. The molecule has 1 aliphatic carbocycles. The SMILES string of the molecule is O=C1N=C(Br)C2(CC2)c2c(F)cccc21. The van der Waals surface area contributed by atoms with Crippen LogP contribution in [0.2, 0.25) is 0 Å². The van der Waals surface area contributed by atoms with E-state index < -0.39 is 0 Å². The van der Waals surface area contributed by atoms with Crippen molar-refractivity contribution in [3.8, 4) is 0 Å². The summed E-state index contributed by atoms with van der Waals surface area (Å²) in [4.78, 5) is 15.5. The summed E-state index contributed by atoms with van der Waals surface area (Å²) in [5.74, 6) is -0.654. The predicted molar refractivity (Wildman–Crippen MR) is 58.0 cm³/mol. The Morgan fingerprint density at radius 1 is 1.40 bits per heavy atom. The second-order valence-corrected chi connectivity index (χ2v) is 4.70. The summed E-state index contributed by atoms with van der Waals surface area (Å²) in [5.41, 5.74) is 0.599.